The molecule has 7 heteroatoms. The van der Waals surface area contributed by atoms with Crippen molar-refractivity contribution in [2.75, 3.05) is 27.2 Å². The number of hydrogen-bond donors (Lipinski definition) is 2. The zero-order valence-corrected chi connectivity index (χ0v) is 12.8. The molecule has 1 aromatic carbocycles. The Morgan fingerprint density at radius 3 is 2.32 bits per heavy atom. The molecule has 1 aromatic rings. The number of halogens is 1. The van der Waals surface area contributed by atoms with Gasteiger partial charge >= 0.3 is 0 Å². The van der Waals surface area contributed by atoms with Gasteiger partial charge in [-0.05, 0) is 45.3 Å². The van der Waals surface area contributed by atoms with E-state index in [-0.39, 0.29) is 11.4 Å². The number of aliphatic hydroxyl groups is 1. The lowest BCUT2D eigenvalue weighted by atomic mass is 10.1. The first-order chi connectivity index (χ1) is 8.62. The molecular weight excluding hydrogens is 288 g/mol. The number of rotatable bonds is 6. The fourth-order valence-electron chi connectivity index (χ4n) is 1.68. The predicted octanol–water partition coefficient (Wildman–Crippen LogP) is 0.931. The molecule has 19 heavy (non-hydrogen) atoms. The van der Waals surface area contributed by atoms with E-state index in [1.165, 1.54) is 24.3 Å². The molecule has 0 amide bonds. The van der Waals surface area contributed by atoms with Crippen LogP contribution in [0.1, 0.15) is 6.92 Å². The van der Waals surface area contributed by atoms with Gasteiger partial charge in [-0.3, -0.25) is 0 Å². The summed E-state index contributed by atoms with van der Waals surface area (Å²) in [6.45, 7) is 1.88. The van der Waals surface area contributed by atoms with E-state index in [9.17, 15) is 13.5 Å². The first-order valence-electron chi connectivity index (χ1n) is 5.75. The van der Waals surface area contributed by atoms with Crippen LogP contribution < -0.4 is 4.72 Å². The zero-order valence-electron chi connectivity index (χ0n) is 11.2. The fraction of sp³-hybridized carbons (Fsp3) is 0.500. The van der Waals surface area contributed by atoms with Gasteiger partial charge in [0.1, 0.15) is 0 Å². The molecule has 5 nitrogen and oxygen atoms in total. The van der Waals surface area contributed by atoms with Crippen molar-refractivity contribution >= 4 is 21.6 Å². The Morgan fingerprint density at radius 1 is 1.32 bits per heavy atom. The first kappa shape index (κ1) is 16.4. The molecule has 0 heterocycles. The highest BCUT2D eigenvalue weighted by atomic mass is 35.5. The van der Waals surface area contributed by atoms with Gasteiger partial charge in [0.25, 0.3) is 0 Å². The van der Waals surface area contributed by atoms with Crippen LogP contribution >= 0.6 is 11.6 Å². The summed E-state index contributed by atoms with van der Waals surface area (Å²) >= 11 is 5.71. The van der Waals surface area contributed by atoms with Crippen LogP contribution in [0.25, 0.3) is 0 Å². The largest absolute Gasteiger partial charge is 0.387 e. The third-order valence-corrected chi connectivity index (χ3v) is 4.09. The number of nitrogens with zero attached hydrogens (tertiary/aromatic N) is 1. The fourth-order valence-corrected chi connectivity index (χ4v) is 2.97. The lowest BCUT2D eigenvalue weighted by Gasteiger charge is -2.27. The van der Waals surface area contributed by atoms with E-state index in [0.717, 1.165) is 0 Å². The van der Waals surface area contributed by atoms with Gasteiger partial charge < -0.3 is 10.0 Å². The van der Waals surface area contributed by atoms with Gasteiger partial charge in [-0.2, -0.15) is 0 Å². The molecular formula is C12H19ClN2O3S. The predicted molar refractivity (Wildman–Crippen MR) is 75.8 cm³/mol. The Balaban J connectivity index is 2.73. The van der Waals surface area contributed by atoms with E-state index in [2.05, 4.69) is 4.72 Å². The van der Waals surface area contributed by atoms with Crippen LogP contribution in [0.2, 0.25) is 5.02 Å². The molecule has 108 valence electrons. The summed E-state index contributed by atoms with van der Waals surface area (Å²) in [6.07, 6.45) is 0. The number of hydrogen-bond acceptors (Lipinski definition) is 4. The van der Waals surface area contributed by atoms with Crippen molar-refractivity contribution in [1.29, 1.82) is 0 Å². The second-order valence-electron chi connectivity index (χ2n) is 5.01. The minimum atomic E-state index is -3.63. The maximum absolute atomic E-state index is 12.0. The number of benzene rings is 1. The normalized spacial score (nSPS) is 15.5. The van der Waals surface area contributed by atoms with Crippen molar-refractivity contribution in [2.45, 2.75) is 17.4 Å². The van der Waals surface area contributed by atoms with E-state index in [0.29, 0.717) is 11.6 Å². The van der Waals surface area contributed by atoms with Crippen LogP contribution in [0.15, 0.2) is 29.2 Å². The second kappa shape index (κ2) is 6.19. The summed E-state index contributed by atoms with van der Waals surface area (Å²) < 4.78 is 26.4. The highest BCUT2D eigenvalue weighted by Crippen LogP contribution is 2.14. The van der Waals surface area contributed by atoms with Crippen LogP contribution in [0.3, 0.4) is 0 Å². The Kier molecular flexibility index (Phi) is 5.34. The summed E-state index contributed by atoms with van der Waals surface area (Å²) in [5.74, 6) is 0. The lowest BCUT2D eigenvalue weighted by Crippen LogP contribution is -2.47. The third kappa shape index (κ3) is 5.46. The maximum Gasteiger partial charge on any atom is 0.240 e. The molecule has 0 radical (unpaired) electrons. The zero-order chi connectivity index (χ0) is 14.7. The topological polar surface area (TPSA) is 69.6 Å². The molecule has 2 N–H and O–H groups in total. The van der Waals surface area contributed by atoms with Crippen LogP contribution in [-0.2, 0) is 10.0 Å². The molecule has 0 aliphatic rings. The Hall–Kier alpha value is -0.660. The smallest absolute Gasteiger partial charge is 0.240 e. The van der Waals surface area contributed by atoms with E-state index in [1.807, 2.05) is 14.1 Å². The molecule has 0 bridgehead atoms. The van der Waals surface area contributed by atoms with Crippen molar-refractivity contribution in [3.05, 3.63) is 29.3 Å². The van der Waals surface area contributed by atoms with Gasteiger partial charge in [-0.1, -0.05) is 11.6 Å². The second-order valence-corrected chi connectivity index (χ2v) is 7.22. The molecule has 0 saturated heterocycles. The van der Waals surface area contributed by atoms with Gasteiger partial charge in [0.05, 0.1) is 10.5 Å². The van der Waals surface area contributed by atoms with Gasteiger partial charge in [-0.15, -0.1) is 0 Å². The Morgan fingerprint density at radius 2 is 1.84 bits per heavy atom. The van der Waals surface area contributed by atoms with E-state index in [4.69, 9.17) is 11.6 Å². The first-order valence-corrected chi connectivity index (χ1v) is 7.61. The molecule has 0 spiro atoms. The molecule has 1 unspecified atom stereocenters. The van der Waals surface area contributed by atoms with Crippen LogP contribution in [0, 0.1) is 0 Å². The summed E-state index contributed by atoms with van der Waals surface area (Å²) in [5, 5.41) is 10.5. The highest BCUT2D eigenvalue weighted by molar-refractivity contribution is 7.89. The quantitative estimate of drug-likeness (QED) is 0.820. The van der Waals surface area contributed by atoms with E-state index < -0.39 is 15.6 Å². The van der Waals surface area contributed by atoms with Gasteiger partial charge in [0.15, 0.2) is 0 Å². The molecule has 0 fully saturated rings. The van der Waals surface area contributed by atoms with Crippen molar-refractivity contribution < 1.29 is 13.5 Å². The molecule has 0 aliphatic heterocycles. The monoisotopic (exact) mass is 306 g/mol. The van der Waals surface area contributed by atoms with Crippen LogP contribution in [0.5, 0.6) is 0 Å². The average molecular weight is 307 g/mol. The summed E-state index contributed by atoms with van der Waals surface area (Å²) in [4.78, 5) is 1.91. The number of likely N-dealkylation sites (N-methyl/N-ethyl adjacent to an activating group) is 1. The molecule has 0 saturated carbocycles. The van der Waals surface area contributed by atoms with Crippen molar-refractivity contribution in [1.82, 2.24) is 9.62 Å². The summed E-state index contributed by atoms with van der Waals surface area (Å²) in [7, 11) is -0.0178. The Labute approximate surface area is 119 Å². The third-order valence-electron chi connectivity index (χ3n) is 2.42. The maximum atomic E-state index is 12.0. The standard InChI is InChI=1S/C12H19ClN2O3S/c1-12(16,9-15(2)3)8-14-19(17,18)11-6-4-10(13)5-7-11/h4-7,14,16H,8-9H2,1-3H3. The lowest BCUT2D eigenvalue weighted by molar-refractivity contribution is 0.0386. The van der Waals surface area contributed by atoms with Gasteiger partial charge in [0, 0.05) is 18.1 Å². The van der Waals surface area contributed by atoms with E-state index >= 15 is 0 Å². The van der Waals surface area contributed by atoms with Crippen molar-refractivity contribution in [2.24, 2.45) is 0 Å². The number of sulfonamides is 1. The highest BCUT2D eigenvalue weighted by Gasteiger charge is 2.24. The van der Waals surface area contributed by atoms with Crippen molar-refractivity contribution in [3.8, 4) is 0 Å². The molecule has 0 aliphatic carbocycles. The van der Waals surface area contributed by atoms with Crippen molar-refractivity contribution in [3.63, 3.8) is 0 Å². The summed E-state index contributed by atoms with van der Waals surface area (Å²) in [5.41, 5.74) is -1.14. The van der Waals surface area contributed by atoms with Crippen LogP contribution in [-0.4, -0.2) is 51.2 Å². The van der Waals surface area contributed by atoms with Crippen LogP contribution in [0.4, 0.5) is 0 Å². The SMILES string of the molecule is CN(C)CC(C)(O)CNS(=O)(=O)c1ccc(Cl)cc1. The van der Waals surface area contributed by atoms with Gasteiger partial charge in [0.2, 0.25) is 10.0 Å². The molecule has 1 rings (SSSR count). The molecule has 1 atom stereocenters. The van der Waals surface area contributed by atoms with E-state index in [1.54, 1.807) is 11.8 Å². The average Bonchev–Trinajstić information content (AvgIpc) is 2.26. The molecule has 0 aromatic heterocycles. The van der Waals surface area contributed by atoms with Gasteiger partial charge in [-0.25, -0.2) is 13.1 Å². The minimum absolute atomic E-state index is 0.0594. The summed E-state index contributed by atoms with van der Waals surface area (Å²) in [6, 6.07) is 5.86. The Bertz CT molecular complexity index is 512. The number of nitrogens with one attached hydrogen (secondary N) is 1. The minimum Gasteiger partial charge on any atom is -0.387 e.